The van der Waals surface area contributed by atoms with Gasteiger partial charge in [-0.1, -0.05) is 24.6 Å². The van der Waals surface area contributed by atoms with Crippen molar-refractivity contribution in [3.05, 3.63) is 28.8 Å². The van der Waals surface area contributed by atoms with Gasteiger partial charge in [0.1, 0.15) is 5.75 Å². The molecule has 1 fully saturated rings. The summed E-state index contributed by atoms with van der Waals surface area (Å²) in [6.07, 6.45) is 3.68. The number of hydrogen-bond acceptors (Lipinski definition) is 3. The highest BCUT2D eigenvalue weighted by Crippen LogP contribution is 2.36. The number of likely N-dealkylation sites (tertiary alicyclic amines) is 1. The SMILES string of the molecule is CCC1CCC(C)N1C(CN)c1ccc(OC)c(Cl)c1. The summed E-state index contributed by atoms with van der Waals surface area (Å²) in [5.74, 6) is 0.715. The third kappa shape index (κ3) is 2.95. The Labute approximate surface area is 127 Å². The monoisotopic (exact) mass is 296 g/mol. The van der Waals surface area contributed by atoms with Crippen molar-refractivity contribution in [2.75, 3.05) is 13.7 Å². The van der Waals surface area contributed by atoms with Crippen LogP contribution in [0.3, 0.4) is 0 Å². The fourth-order valence-corrected chi connectivity index (χ4v) is 3.65. The second-order valence-corrected chi connectivity index (χ2v) is 5.99. The van der Waals surface area contributed by atoms with Crippen LogP contribution in [0.5, 0.6) is 5.75 Å². The van der Waals surface area contributed by atoms with Gasteiger partial charge in [0, 0.05) is 24.7 Å². The number of benzene rings is 1. The molecule has 4 heteroatoms. The smallest absolute Gasteiger partial charge is 0.137 e. The Hall–Kier alpha value is -0.770. The first-order valence-corrected chi connectivity index (χ1v) is 7.81. The number of rotatable bonds is 5. The van der Waals surface area contributed by atoms with E-state index in [9.17, 15) is 0 Å². The Bertz CT molecular complexity index is 452. The van der Waals surface area contributed by atoms with Crippen LogP contribution in [0.1, 0.15) is 44.7 Å². The molecule has 3 atom stereocenters. The summed E-state index contributed by atoms with van der Waals surface area (Å²) in [5.41, 5.74) is 7.25. The molecule has 1 saturated heterocycles. The van der Waals surface area contributed by atoms with E-state index in [-0.39, 0.29) is 6.04 Å². The molecule has 2 rings (SSSR count). The van der Waals surface area contributed by atoms with Gasteiger partial charge in [-0.15, -0.1) is 0 Å². The third-order valence-corrected chi connectivity index (χ3v) is 4.76. The Morgan fingerprint density at radius 2 is 2.20 bits per heavy atom. The largest absolute Gasteiger partial charge is 0.495 e. The summed E-state index contributed by atoms with van der Waals surface area (Å²) < 4.78 is 5.23. The van der Waals surface area contributed by atoms with Crippen molar-refractivity contribution >= 4 is 11.6 Å². The predicted octanol–water partition coefficient (Wildman–Crippen LogP) is 3.61. The van der Waals surface area contributed by atoms with E-state index in [1.165, 1.54) is 24.8 Å². The van der Waals surface area contributed by atoms with Gasteiger partial charge in [0.15, 0.2) is 0 Å². The maximum absolute atomic E-state index is 6.26. The van der Waals surface area contributed by atoms with Crippen LogP contribution < -0.4 is 10.5 Å². The Balaban J connectivity index is 2.29. The van der Waals surface area contributed by atoms with Crippen LogP contribution in [-0.2, 0) is 0 Å². The zero-order valence-corrected chi connectivity index (χ0v) is 13.4. The zero-order valence-electron chi connectivity index (χ0n) is 12.6. The first kappa shape index (κ1) is 15.6. The zero-order chi connectivity index (χ0) is 14.7. The van der Waals surface area contributed by atoms with Gasteiger partial charge in [-0.25, -0.2) is 0 Å². The van der Waals surface area contributed by atoms with Crippen molar-refractivity contribution in [2.24, 2.45) is 5.73 Å². The van der Waals surface area contributed by atoms with Crippen LogP contribution >= 0.6 is 11.6 Å². The number of ether oxygens (including phenoxy) is 1. The van der Waals surface area contributed by atoms with Gasteiger partial charge in [-0.05, 0) is 43.9 Å². The molecule has 1 heterocycles. The van der Waals surface area contributed by atoms with Gasteiger partial charge in [-0.2, -0.15) is 0 Å². The van der Waals surface area contributed by atoms with E-state index in [4.69, 9.17) is 22.1 Å². The van der Waals surface area contributed by atoms with Gasteiger partial charge in [0.25, 0.3) is 0 Å². The number of methoxy groups -OCH3 is 1. The van der Waals surface area contributed by atoms with Gasteiger partial charge < -0.3 is 10.5 Å². The average Bonchev–Trinajstić information content (AvgIpc) is 2.81. The van der Waals surface area contributed by atoms with Crippen molar-refractivity contribution < 1.29 is 4.74 Å². The minimum Gasteiger partial charge on any atom is -0.495 e. The summed E-state index contributed by atoms with van der Waals surface area (Å²) in [6.45, 7) is 5.16. The molecule has 0 amide bonds. The maximum Gasteiger partial charge on any atom is 0.137 e. The van der Waals surface area contributed by atoms with Crippen molar-refractivity contribution in [1.29, 1.82) is 0 Å². The maximum atomic E-state index is 6.26. The molecular weight excluding hydrogens is 272 g/mol. The van der Waals surface area contributed by atoms with Gasteiger partial charge in [0.05, 0.1) is 12.1 Å². The lowest BCUT2D eigenvalue weighted by Gasteiger charge is -2.36. The second-order valence-electron chi connectivity index (χ2n) is 5.58. The standard InChI is InChI=1S/C16H25ClN2O/c1-4-13-7-5-11(2)19(13)15(10-18)12-6-8-16(20-3)14(17)9-12/h6,8-9,11,13,15H,4-5,7,10,18H2,1-3H3. The molecule has 112 valence electrons. The minimum absolute atomic E-state index is 0.237. The summed E-state index contributed by atoms with van der Waals surface area (Å²) >= 11 is 6.26. The molecule has 1 aliphatic heterocycles. The van der Waals surface area contributed by atoms with E-state index in [2.05, 4.69) is 24.8 Å². The van der Waals surface area contributed by atoms with Gasteiger partial charge in [-0.3, -0.25) is 4.90 Å². The van der Waals surface area contributed by atoms with Crippen molar-refractivity contribution in [2.45, 2.75) is 51.2 Å². The molecule has 0 bridgehead atoms. The summed E-state index contributed by atoms with van der Waals surface area (Å²) in [7, 11) is 1.64. The molecule has 1 aromatic rings. The predicted molar refractivity (Wildman–Crippen MR) is 84.4 cm³/mol. The third-order valence-electron chi connectivity index (χ3n) is 4.46. The van der Waals surface area contributed by atoms with E-state index in [0.717, 1.165) is 0 Å². The van der Waals surface area contributed by atoms with E-state index in [0.29, 0.717) is 29.4 Å². The first-order valence-electron chi connectivity index (χ1n) is 7.43. The Morgan fingerprint density at radius 3 is 2.75 bits per heavy atom. The van der Waals surface area contributed by atoms with E-state index < -0.39 is 0 Å². The molecule has 0 spiro atoms. The minimum atomic E-state index is 0.237. The van der Waals surface area contributed by atoms with E-state index in [1.807, 2.05) is 12.1 Å². The van der Waals surface area contributed by atoms with Crippen molar-refractivity contribution in [1.82, 2.24) is 4.90 Å². The van der Waals surface area contributed by atoms with E-state index >= 15 is 0 Å². The highest BCUT2D eigenvalue weighted by molar-refractivity contribution is 6.32. The fraction of sp³-hybridized carbons (Fsp3) is 0.625. The normalized spacial score (nSPS) is 24.9. The Morgan fingerprint density at radius 1 is 1.45 bits per heavy atom. The molecular formula is C16H25ClN2O. The summed E-state index contributed by atoms with van der Waals surface area (Å²) in [4.78, 5) is 2.57. The van der Waals surface area contributed by atoms with E-state index in [1.54, 1.807) is 7.11 Å². The molecule has 1 aromatic carbocycles. The van der Waals surface area contributed by atoms with Crippen LogP contribution in [-0.4, -0.2) is 30.6 Å². The highest BCUT2D eigenvalue weighted by atomic mass is 35.5. The van der Waals surface area contributed by atoms with Crippen LogP contribution in [0.4, 0.5) is 0 Å². The molecule has 0 aromatic heterocycles. The summed E-state index contributed by atoms with van der Waals surface area (Å²) in [6, 6.07) is 7.45. The molecule has 0 radical (unpaired) electrons. The Kier molecular flexibility index (Phi) is 5.30. The molecule has 3 nitrogen and oxygen atoms in total. The van der Waals surface area contributed by atoms with Crippen LogP contribution in [0.2, 0.25) is 5.02 Å². The number of nitrogens with zero attached hydrogens (tertiary/aromatic N) is 1. The lowest BCUT2D eigenvalue weighted by molar-refractivity contribution is 0.137. The van der Waals surface area contributed by atoms with Crippen LogP contribution in [0.15, 0.2) is 18.2 Å². The van der Waals surface area contributed by atoms with Crippen LogP contribution in [0, 0.1) is 0 Å². The molecule has 1 aliphatic rings. The molecule has 0 aliphatic carbocycles. The number of halogens is 1. The van der Waals surface area contributed by atoms with Crippen LogP contribution in [0.25, 0.3) is 0 Å². The quantitative estimate of drug-likeness (QED) is 0.902. The summed E-state index contributed by atoms with van der Waals surface area (Å²) in [5, 5.41) is 0.656. The molecule has 3 unspecified atom stereocenters. The van der Waals surface area contributed by atoms with Gasteiger partial charge in [0.2, 0.25) is 0 Å². The van der Waals surface area contributed by atoms with Crippen molar-refractivity contribution in [3.8, 4) is 5.75 Å². The number of hydrogen-bond donors (Lipinski definition) is 1. The lowest BCUT2D eigenvalue weighted by Crippen LogP contribution is -2.41. The number of nitrogens with two attached hydrogens (primary N) is 1. The van der Waals surface area contributed by atoms with Gasteiger partial charge >= 0.3 is 0 Å². The highest BCUT2D eigenvalue weighted by Gasteiger charge is 2.34. The topological polar surface area (TPSA) is 38.5 Å². The average molecular weight is 297 g/mol. The fourth-order valence-electron chi connectivity index (χ4n) is 3.39. The second kappa shape index (κ2) is 6.79. The van der Waals surface area contributed by atoms with Crippen molar-refractivity contribution in [3.63, 3.8) is 0 Å². The molecule has 20 heavy (non-hydrogen) atoms. The molecule has 2 N–H and O–H groups in total. The first-order chi connectivity index (χ1) is 9.62. The lowest BCUT2D eigenvalue weighted by atomic mass is 10.0. The molecule has 0 saturated carbocycles.